The summed E-state index contributed by atoms with van der Waals surface area (Å²) in [4.78, 5) is 14.2. The number of hydrogen-bond acceptors (Lipinski definition) is 5. The van der Waals surface area contributed by atoms with Gasteiger partial charge in [0.15, 0.2) is 0 Å². The molecule has 1 saturated heterocycles. The largest absolute Gasteiger partial charge is 0.495 e. The zero-order valence-corrected chi connectivity index (χ0v) is 17.3. The first kappa shape index (κ1) is 20.3. The third-order valence-corrected chi connectivity index (χ3v) is 7.15. The number of sulfonamides is 1. The molecule has 0 atom stereocenters. The highest BCUT2D eigenvalue weighted by Gasteiger charge is 2.25. The van der Waals surface area contributed by atoms with Crippen LogP contribution in [0.1, 0.15) is 15.9 Å². The summed E-state index contributed by atoms with van der Waals surface area (Å²) in [6, 6.07) is 11.3. The molecule has 1 heterocycles. The van der Waals surface area contributed by atoms with Crippen LogP contribution >= 0.6 is 0 Å². The Morgan fingerprint density at radius 3 is 2.36 bits per heavy atom. The summed E-state index contributed by atoms with van der Waals surface area (Å²) in [5.41, 5.74) is 1.68. The minimum Gasteiger partial charge on any atom is -0.495 e. The average molecular weight is 423 g/mol. The Labute approximate surface area is 167 Å². The maximum absolute atomic E-state index is 12.9. The molecule has 1 N–H and O–H groups in total. The van der Waals surface area contributed by atoms with Gasteiger partial charge in [0.25, 0.3) is 15.9 Å². The summed E-state index contributed by atoms with van der Waals surface area (Å²) < 4.78 is 45.0. The molecule has 0 aliphatic carbocycles. The molecule has 0 spiro atoms. The van der Waals surface area contributed by atoms with Crippen molar-refractivity contribution in [3.05, 3.63) is 53.6 Å². The van der Waals surface area contributed by atoms with Gasteiger partial charge in [0.05, 0.1) is 7.11 Å². The fourth-order valence-corrected chi connectivity index (χ4v) is 5.18. The lowest BCUT2D eigenvalue weighted by molar-refractivity contribution is 0.0771. The second-order valence-corrected chi connectivity index (χ2v) is 9.82. The van der Waals surface area contributed by atoms with Gasteiger partial charge in [-0.3, -0.25) is 13.7 Å². The average Bonchev–Trinajstić information content (AvgIpc) is 2.69. The molecule has 2 aromatic carbocycles. The maximum atomic E-state index is 12.9. The molecule has 0 saturated carbocycles. The number of carbonyl (C=O) groups is 1. The highest BCUT2D eigenvalue weighted by molar-refractivity contribution is 7.92. The summed E-state index contributed by atoms with van der Waals surface area (Å²) >= 11 is 0. The van der Waals surface area contributed by atoms with E-state index in [9.17, 15) is 17.4 Å². The quantitative estimate of drug-likeness (QED) is 0.796. The SMILES string of the molecule is COc1ccc(C(=O)N2CCS(=O)CC2)cc1S(=O)(=O)Nc1ccc(C)cc1. The van der Waals surface area contributed by atoms with E-state index in [1.165, 1.54) is 25.3 Å². The molecule has 9 heteroatoms. The van der Waals surface area contributed by atoms with E-state index in [4.69, 9.17) is 4.74 Å². The fraction of sp³-hybridized carbons (Fsp3) is 0.316. The fourth-order valence-electron chi connectivity index (χ4n) is 2.88. The van der Waals surface area contributed by atoms with Crippen LogP contribution in [0.15, 0.2) is 47.4 Å². The number of nitrogens with one attached hydrogen (secondary N) is 1. The number of rotatable bonds is 5. The molecule has 7 nitrogen and oxygen atoms in total. The van der Waals surface area contributed by atoms with Gasteiger partial charge in [0.1, 0.15) is 10.6 Å². The molecule has 0 aromatic heterocycles. The van der Waals surface area contributed by atoms with Gasteiger partial charge in [-0.25, -0.2) is 8.42 Å². The van der Waals surface area contributed by atoms with E-state index < -0.39 is 20.8 Å². The van der Waals surface area contributed by atoms with Crippen LogP contribution in [-0.2, 0) is 20.8 Å². The smallest absolute Gasteiger partial charge is 0.265 e. The number of anilines is 1. The zero-order chi connectivity index (χ0) is 20.3. The van der Waals surface area contributed by atoms with Crippen molar-refractivity contribution in [2.24, 2.45) is 0 Å². The van der Waals surface area contributed by atoms with Crippen molar-refractivity contribution in [1.82, 2.24) is 4.90 Å². The van der Waals surface area contributed by atoms with Gasteiger partial charge in [-0.1, -0.05) is 17.7 Å². The van der Waals surface area contributed by atoms with Crippen LogP contribution in [0.5, 0.6) is 5.75 Å². The molecule has 1 fully saturated rings. The highest BCUT2D eigenvalue weighted by Crippen LogP contribution is 2.28. The Morgan fingerprint density at radius 2 is 1.75 bits per heavy atom. The lowest BCUT2D eigenvalue weighted by Gasteiger charge is -2.26. The molecular weight excluding hydrogens is 400 g/mol. The number of hydrogen-bond donors (Lipinski definition) is 1. The molecular formula is C19H22N2O5S2. The predicted molar refractivity (Wildman–Crippen MR) is 109 cm³/mol. The Kier molecular flexibility index (Phi) is 6.04. The van der Waals surface area contributed by atoms with E-state index >= 15 is 0 Å². The third-order valence-electron chi connectivity index (χ3n) is 4.47. The number of ether oxygens (including phenoxy) is 1. The first-order valence-electron chi connectivity index (χ1n) is 8.72. The van der Waals surface area contributed by atoms with Gasteiger partial charge in [0, 0.05) is 46.6 Å². The number of amides is 1. The van der Waals surface area contributed by atoms with Crippen molar-refractivity contribution in [1.29, 1.82) is 0 Å². The topological polar surface area (TPSA) is 92.8 Å². The van der Waals surface area contributed by atoms with Crippen molar-refractivity contribution in [3.63, 3.8) is 0 Å². The van der Waals surface area contributed by atoms with E-state index in [1.54, 1.807) is 29.2 Å². The van der Waals surface area contributed by atoms with Gasteiger partial charge in [-0.2, -0.15) is 0 Å². The molecule has 1 amide bonds. The van der Waals surface area contributed by atoms with Crippen LogP contribution < -0.4 is 9.46 Å². The van der Waals surface area contributed by atoms with E-state index in [-0.39, 0.29) is 22.1 Å². The first-order chi connectivity index (χ1) is 13.3. The van der Waals surface area contributed by atoms with Crippen molar-refractivity contribution in [2.45, 2.75) is 11.8 Å². The number of carbonyl (C=O) groups excluding carboxylic acids is 1. The number of aryl methyl sites for hydroxylation is 1. The number of nitrogens with zero attached hydrogens (tertiary/aromatic N) is 1. The van der Waals surface area contributed by atoms with Crippen molar-refractivity contribution in [2.75, 3.05) is 36.4 Å². The Morgan fingerprint density at radius 1 is 1.11 bits per heavy atom. The molecule has 1 aliphatic heterocycles. The van der Waals surface area contributed by atoms with Gasteiger partial charge >= 0.3 is 0 Å². The molecule has 2 aromatic rings. The van der Waals surface area contributed by atoms with E-state index in [2.05, 4.69) is 4.72 Å². The van der Waals surface area contributed by atoms with Crippen LogP contribution in [-0.4, -0.2) is 55.1 Å². The molecule has 3 rings (SSSR count). The number of benzene rings is 2. The Balaban J connectivity index is 1.91. The molecule has 28 heavy (non-hydrogen) atoms. The zero-order valence-electron chi connectivity index (χ0n) is 15.7. The minimum absolute atomic E-state index is 0.109. The Hall–Kier alpha value is -2.39. The molecule has 0 bridgehead atoms. The summed E-state index contributed by atoms with van der Waals surface area (Å²) in [6.07, 6.45) is 0. The third kappa shape index (κ3) is 4.53. The van der Waals surface area contributed by atoms with Crippen molar-refractivity contribution < 1.29 is 22.2 Å². The van der Waals surface area contributed by atoms with E-state index in [1.807, 2.05) is 6.92 Å². The first-order valence-corrected chi connectivity index (χ1v) is 11.7. The van der Waals surface area contributed by atoms with Crippen LogP contribution in [0.4, 0.5) is 5.69 Å². The molecule has 0 unspecified atom stereocenters. The molecule has 0 radical (unpaired) electrons. The van der Waals surface area contributed by atoms with Gasteiger partial charge < -0.3 is 9.64 Å². The summed E-state index contributed by atoms with van der Waals surface area (Å²) in [6.45, 7) is 2.69. The van der Waals surface area contributed by atoms with E-state index in [0.717, 1.165) is 5.56 Å². The van der Waals surface area contributed by atoms with Crippen molar-refractivity contribution >= 4 is 32.4 Å². The summed E-state index contributed by atoms with van der Waals surface area (Å²) in [7, 11) is -3.48. The summed E-state index contributed by atoms with van der Waals surface area (Å²) in [5.74, 6) is 0.728. The van der Waals surface area contributed by atoms with Gasteiger partial charge in [0.2, 0.25) is 0 Å². The monoisotopic (exact) mass is 422 g/mol. The van der Waals surface area contributed by atoms with E-state index in [0.29, 0.717) is 30.3 Å². The minimum atomic E-state index is -3.96. The highest BCUT2D eigenvalue weighted by atomic mass is 32.2. The molecule has 1 aliphatic rings. The van der Waals surface area contributed by atoms with Gasteiger partial charge in [-0.15, -0.1) is 0 Å². The molecule has 150 valence electrons. The second-order valence-electron chi connectivity index (χ2n) is 6.48. The standard InChI is InChI=1S/C19H22N2O5S2/c1-14-3-6-16(7-4-14)20-28(24,25)18-13-15(5-8-17(18)26-2)19(22)21-9-11-27(23)12-10-21/h3-8,13,20H,9-12H2,1-2H3. The lowest BCUT2D eigenvalue weighted by Crippen LogP contribution is -2.41. The van der Waals surface area contributed by atoms with Crippen LogP contribution in [0.3, 0.4) is 0 Å². The second kappa shape index (κ2) is 8.32. The predicted octanol–water partition coefficient (Wildman–Crippen LogP) is 2.01. The van der Waals surface area contributed by atoms with Gasteiger partial charge in [-0.05, 0) is 37.3 Å². The van der Waals surface area contributed by atoms with Crippen LogP contribution in [0.25, 0.3) is 0 Å². The summed E-state index contributed by atoms with van der Waals surface area (Å²) in [5, 5.41) is 0. The van der Waals surface area contributed by atoms with Crippen LogP contribution in [0, 0.1) is 6.92 Å². The Bertz CT molecular complexity index is 993. The van der Waals surface area contributed by atoms with Crippen LogP contribution in [0.2, 0.25) is 0 Å². The maximum Gasteiger partial charge on any atom is 0.265 e. The normalized spacial score (nSPS) is 15.3. The lowest BCUT2D eigenvalue weighted by atomic mass is 10.2. The number of methoxy groups -OCH3 is 1. The van der Waals surface area contributed by atoms with Crippen molar-refractivity contribution in [3.8, 4) is 5.75 Å².